The average Bonchev–Trinajstić information content (AvgIpc) is 3.19. The Kier molecular flexibility index (Phi) is 4.92. The van der Waals surface area contributed by atoms with Gasteiger partial charge in [-0.15, -0.1) is 5.10 Å². The molecule has 0 aromatic carbocycles. The standard InChI is InChI=1S/C15H21N5O3/c21-14(17-11-12-5-3-10-23-12)16-7-4-9-20-15(22)19-8-2-1-6-13(19)18-20/h1-2,6,8,12H,3-5,7,9-11H2,(H2,16,17,21)/t12-/m0/s1. The van der Waals surface area contributed by atoms with E-state index in [-0.39, 0.29) is 17.8 Å². The third-order valence-corrected chi connectivity index (χ3v) is 3.83. The van der Waals surface area contributed by atoms with Gasteiger partial charge in [-0.25, -0.2) is 14.3 Å². The van der Waals surface area contributed by atoms with E-state index in [1.807, 2.05) is 6.07 Å². The van der Waals surface area contributed by atoms with E-state index >= 15 is 0 Å². The minimum Gasteiger partial charge on any atom is -0.376 e. The van der Waals surface area contributed by atoms with Crippen LogP contribution in [0, 0.1) is 0 Å². The molecule has 1 atom stereocenters. The molecule has 2 aromatic rings. The molecule has 0 radical (unpaired) electrons. The minimum atomic E-state index is -0.206. The molecule has 0 bridgehead atoms. The van der Waals surface area contributed by atoms with Crippen LogP contribution in [0.3, 0.4) is 0 Å². The van der Waals surface area contributed by atoms with Gasteiger partial charge in [0.05, 0.1) is 6.10 Å². The van der Waals surface area contributed by atoms with Crippen molar-refractivity contribution in [2.75, 3.05) is 19.7 Å². The summed E-state index contributed by atoms with van der Waals surface area (Å²) in [6, 6.07) is 5.21. The Morgan fingerprint density at radius 1 is 1.39 bits per heavy atom. The second-order valence-electron chi connectivity index (χ2n) is 5.56. The molecule has 0 aliphatic carbocycles. The number of rotatable bonds is 6. The summed E-state index contributed by atoms with van der Waals surface area (Å²) in [4.78, 5) is 23.7. The predicted octanol–water partition coefficient (Wildman–Crippen LogP) is 0.364. The zero-order valence-corrected chi connectivity index (χ0v) is 12.9. The van der Waals surface area contributed by atoms with Gasteiger partial charge in [0.1, 0.15) is 0 Å². The highest BCUT2D eigenvalue weighted by Crippen LogP contribution is 2.10. The lowest BCUT2D eigenvalue weighted by Gasteiger charge is -2.11. The fraction of sp³-hybridized carbons (Fsp3) is 0.533. The average molecular weight is 319 g/mol. The van der Waals surface area contributed by atoms with E-state index in [1.165, 1.54) is 9.08 Å². The van der Waals surface area contributed by atoms with Gasteiger partial charge in [0.15, 0.2) is 5.65 Å². The maximum absolute atomic E-state index is 12.1. The summed E-state index contributed by atoms with van der Waals surface area (Å²) < 4.78 is 8.36. The number of urea groups is 1. The van der Waals surface area contributed by atoms with E-state index in [4.69, 9.17) is 4.74 Å². The summed E-state index contributed by atoms with van der Waals surface area (Å²) in [6.07, 6.45) is 4.52. The van der Waals surface area contributed by atoms with Gasteiger partial charge in [0.2, 0.25) is 0 Å². The molecule has 8 heteroatoms. The summed E-state index contributed by atoms with van der Waals surface area (Å²) >= 11 is 0. The Labute approximate surface area is 133 Å². The van der Waals surface area contributed by atoms with Crippen molar-refractivity contribution < 1.29 is 9.53 Å². The Morgan fingerprint density at radius 3 is 3.09 bits per heavy atom. The van der Waals surface area contributed by atoms with Crippen LogP contribution in [0.2, 0.25) is 0 Å². The summed E-state index contributed by atoms with van der Waals surface area (Å²) in [6.45, 7) is 2.27. The first-order valence-electron chi connectivity index (χ1n) is 7.91. The number of aromatic nitrogens is 3. The van der Waals surface area contributed by atoms with Crippen molar-refractivity contribution in [2.24, 2.45) is 0 Å². The van der Waals surface area contributed by atoms with Gasteiger partial charge < -0.3 is 15.4 Å². The highest BCUT2D eigenvalue weighted by Gasteiger charge is 2.15. The number of hydrogen-bond acceptors (Lipinski definition) is 4. The predicted molar refractivity (Wildman–Crippen MR) is 84.4 cm³/mol. The molecule has 1 saturated heterocycles. The summed E-state index contributed by atoms with van der Waals surface area (Å²) in [5.74, 6) is 0. The fourth-order valence-corrected chi connectivity index (χ4v) is 2.62. The molecule has 124 valence electrons. The minimum absolute atomic E-state index is 0.136. The Bertz CT molecular complexity index is 717. The number of ether oxygens (including phenoxy) is 1. The van der Waals surface area contributed by atoms with Gasteiger partial charge >= 0.3 is 11.7 Å². The maximum Gasteiger partial charge on any atom is 0.350 e. The quantitative estimate of drug-likeness (QED) is 0.753. The van der Waals surface area contributed by atoms with E-state index < -0.39 is 0 Å². The van der Waals surface area contributed by atoms with Gasteiger partial charge in [-0.2, -0.15) is 0 Å². The molecule has 2 amide bonds. The zero-order chi connectivity index (χ0) is 16.1. The van der Waals surface area contributed by atoms with Crippen molar-refractivity contribution in [1.29, 1.82) is 0 Å². The number of carbonyl (C=O) groups is 1. The van der Waals surface area contributed by atoms with E-state index in [2.05, 4.69) is 15.7 Å². The molecule has 0 spiro atoms. The van der Waals surface area contributed by atoms with E-state index in [0.29, 0.717) is 31.7 Å². The van der Waals surface area contributed by atoms with Crippen LogP contribution in [-0.2, 0) is 11.3 Å². The van der Waals surface area contributed by atoms with Crippen LogP contribution >= 0.6 is 0 Å². The number of fused-ring (bicyclic) bond motifs is 1. The largest absolute Gasteiger partial charge is 0.376 e. The molecule has 1 fully saturated rings. The van der Waals surface area contributed by atoms with Crippen molar-refractivity contribution in [3.05, 3.63) is 34.9 Å². The number of amides is 2. The first-order chi connectivity index (χ1) is 11.2. The van der Waals surface area contributed by atoms with Crippen molar-refractivity contribution in [2.45, 2.75) is 31.9 Å². The van der Waals surface area contributed by atoms with Crippen molar-refractivity contribution >= 4 is 11.7 Å². The first-order valence-corrected chi connectivity index (χ1v) is 7.91. The van der Waals surface area contributed by atoms with Crippen LogP contribution in [0.5, 0.6) is 0 Å². The molecule has 8 nitrogen and oxygen atoms in total. The van der Waals surface area contributed by atoms with Crippen molar-refractivity contribution in [3.8, 4) is 0 Å². The normalized spacial score (nSPS) is 17.5. The van der Waals surface area contributed by atoms with Crippen LogP contribution in [0.15, 0.2) is 29.2 Å². The molecular formula is C15H21N5O3. The number of hydrogen-bond donors (Lipinski definition) is 2. The molecule has 3 heterocycles. The summed E-state index contributed by atoms with van der Waals surface area (Å²) in [5, 5.41) is 9.81. The monoisotopic (exact) mass is 319 g/mol. The van der Waals surface area contributed by atoms with Crippen LogP contribution < -0.4 is 16.3 Å². The second kappa shape index (κ2) is 7.28. The Balaban J connectivity index is 1.39. The Morgan fingerprint density at radius 2 is 2.30 bits per heavy atom. The van der Waals surface area contributed by atoms with Gasteiger partial charge in [-0.1, -0.05) is 6.07 Å². The van der Waals surface area contributed by atoms with Crippen molar-refractivity contribution in [1.82, 2.24) is 24.8 Å². The van der Waals surface area contributed by atoms with E-state index in [1.54, 1.807) is 18.3 Å². The Hall–Kier alpha value is -2.35. The van der Waals surface area contributed by atoms with Gasteiger partial charge in [-0.3, -0.25) is 4.40 Å². The third kappa shape index (κ3) is 3.89. The second-order valence-corrected chi connectivity index (χ2v) is 5.56. The van der Waals surface area contributed by atoms with Gasteiger partial charge in [0, 0.05) is 32.4 Å². The maximum atomic E-state index is 12.1. The lowest BCUT2D eigenvalue weighted by Crippen LogP contribution is -2.40. The smallest absolute Gasteiger partial charge is 0.350 e. The van der Waals surface area contributed by atoms with Crippen molar-refractivity contribution in [3.63, 3.8) is 0 Å². The van der Waals surface area contributed by atoms with E-state index in [0.717, 1.165) is 19.4 Å². The number of nitrogens with one attached hydrogen (secondary N) is 2. The number of pyridine rings is 1. The van der Waals surface area contributed by atoms with Crippen LogP contribution in [-0.4, -0.2) is 46.0 Å². The molecular weight excluding hydrogens is 298 g/mol. The third-order valence-electron chi connectivity index (χ3n) is 3.83. The highest BCUT2D eigenvalue weighted by atomic mass is 16.5. The molecule has 1 aliphatic rings. The first kappa shape index (κ1) is 15.5. The molecule has 0 unspecified atom stereocenters. The molecule has 2 N–H and O–H groups in total. The lowest BCUT2D eigenvalue weighted by molar-refractivity contribution is 0.111. The molecule has 2 aromatic heterocycles. The summed E-state index contributed by atoms with van der Waals surface area (Å²) in [5.41, 5.74) is 0.461. The topological polar surface area (TPSA) is 89.7 Å². The fourth-order valence-electron chi connectivity index (χ4n) is 2.62. The van der Waals surface area contributed by atoms with Crippen LogP contribution in [0.25, 0.3) is 5.65 Å². The van der Waals surface area contributed by atoms with Gasteiger partial charge in [0.25, 0.3) is 0 Å². The number of aryl methyl sites for hydroxylation is 1. The SMILES string of the molecule is O=C(NCCCn1nc2ccccn2c1=O)NC[C@@H]1CCCO1. The number of nitrogens with zero attached hydrogens (tertiary/aromatic N) is 3. The van der Waals surface area contributed by atoms with Crippen LogP contribution in [0.4, 0.5) is 4.79 Å². The van der Waals surface area contributed by atoms with Crippen LogP contribution in [0.1, 0.15) is 19.3 Å². The molecule has 23 heavy (non-hydrogen) atoms. The molecule has 1 aliphatic heterocycles. The molecule has 0 saturated carbocycles. The van der Waals surface area contributed by atoms with Gasteiger partial charge in [-0.05, 0) is 31.4 Å². The highest BCUT2D eigenvalue weighted by molar-refractivity contribution is 5.73. The summed E-state index contributed by atoms with van der Waals surface area (Å²) in [7, 11) is 0. The van der Waals surface area contributed by atoms with E-state index in [9.17, 15) is 9.59 Å². The number of carbonyl (C=O) groups excluding carboxylic acids is 1. The lowest BCUT2D eigenvalue weighted by atomic mass is 10.2. The zero-order valence-electron chi connectivity index (χ0n) is 12.9. The molecule has 3 rings (SSSR count).